The van der Waals surface area contributed by atoms with Gasteiger partial charge in [-0.1, -0.05) is 97.1 Å². The van der Waals surface area contributed by atoms with Crippen molar-refractivity contribution < 1.29 is 4.42 Å². The normalized spacial score (nSPS) is 17.5. The van der Waals surface area contributed by atoms with Crippen molar-refractivity contribution in [3.63, 3.8) is 0 Å². The van der Waals surface area contributed by atoms with Crippen LogP contribution in [-0.4, -0.2) is 11.0 Å². The molecule has 0 fully saturated rings. The van der Waals surface area contributed by atoms with Crippen LogP contribution in [0.5, 0.6) is 0 Å². The number of aromatic nitrogens is 1. The van der Waals surface area contributed by atoms with Crippen molar-refractivity contribution in [3.05, 3.63) is 139 Å². The number of fused-ring (bicyclic) bond motifs is 11. The predicted molar refractivity (Wildman–Crippen MR) is 181 cm³/mol. The van der Waals surface area contributed by atoms with Gasteiger partial charge in [-0.3, -0.25) is 0 Å². The van der Waals surface area contributed by atoms with E-state index in [1.165, 1.54) is 53.3 Å². The smallest absolute Gasteiger partial charge is 0.227 e. The van der Waals surface area contributed by atoms with E-state index in [0.29, 0.717) is 11.8 Å². The monoisotopic (exact) mass is 568 g/mol. The molecule has 0 N–H and O–H groups in total. The van der Waals surface area contributed by atoms with Gasteiger partial charge in [-0.05, 0) is 58.1 Å². The maximum atomic E-state index is 6.50. The summed E-state index contributed by atoms with van der Waals surface area (Å²) in [5.74, 6) is 0.955. The molecule has 10 rings (SSSR count). The molecular weight excluding hydrogens is 545 g/mol. The lowest BCUT2D eigenvalue weighted by atomic mass is 9.88. The molecule has 8 aromatic rings. The standard InChI is InChI=1S/C39H24N2OS/c1-2-10-24-23(9-1)17-19-32-36(24)28-13-5-7-15-30(28)41(32)31-20-18-27(25-11-3-4-12-26(25)31)39-40-38-33(42-39)21-22-35-37(38)29-14-6-8-16-34(29)43-35/h1-22,28,30H. The first-order valence-corrected chi connectivity index (χ1v) is 15.5. The third-order valence-electron chi connectivity index (χ3n) is 9.23. The Morgan fingerprint density at radius 3 is 2.33 bits per heavy atom. The number of benzene rings is 6. The quantitative estimate of drug-likeness (QED) is 0.208. The molecule has 0 bridgehead atoms. The summed E-state index contributed by atoms with van der Waals surface area (Å²) in [7, 11) is 0. The highest BCUT2D eigenvalue weighted by molar-refractivity contribution is 7.26. The van der Waals surface area contributed by atoms with Gasteiger partial charge in [0.05, 0.1) is 6.04 Å². The Kier molecular flexibility index (Phi) is 4.71. The van der Waals surface area contributed by atoms with Gasteiger partial charge in [0.2, 0.25) is 5.89 Å². The first-order valence-electron chi connectivity index (χ1n) is 14.7. The molecule has 0 saturated carbocycles. The van der Waals surface area contributed by atoms with Gasteiger partial charge < -0.3 is 9.32 Å². The lowest BCUT2D eigenvalue weighted by Gasteiger charge is -2.30. The first kappa shape index (κ1) is 23.4. The fourth-order valence-corrected chi connectivity index (χ4v) is 8.51. The largest absolute Gasteiger partial charge is 0.436 e. The lowest BCUT2D eigenvalue weighted by Crippen LogP contribution is -2.28. The highest BCUT2D eigenvalue weighted by atomic mass is 32.1. The van der Waals surface area contributed by atoms with Crippen molar-refractivity contribution >= 4 is 75.5 Å². The minimum atomic E-state index is 0.213. The zero-order valence-corrected chi connectivity index (χ0v) is 23.9. The molecule has 3 nitrogen and oxygen atoms in total. The number of oxazole rings is 1. The highest BCUT2D eigenvalue weighted by Crippen LogP contribution is 2.52. The van der Waals surface area contributed by atoms with Crippen LogP contribution in [0.25, 0.3) is 64.3 Å². The molecule has 3 heterocycles. The van der Waals surface area contributed by atoms with E-state index >= 15 is 0 Å². The Balaban J connectivity index is 1.19. The number of anilines is 2. The number of hydrogen-bond acceptors (Lipinski definition) is 4. The summed E-state index contributed by atoms with van der Waals surface area (Å²) in [6.07, 6.45) is 9.09. The Hall–Kier alpha value is -5.19. The number of rotatable bonds is 2. The maximum Gasteiger partial charge on any atom is 0.227 e. The summed E-state index contributed by atoms with van der Waals surface area (Å²) in [4.78, 5) is 7.69. The Morgan fingerprint density at radius 1 is 0.628 bits per heavy atom. The molecule has 0 radical (unpaired) electrons. The van der Waals surface area contributed by atoms with Crippen LogP contribution in [0.4, 0.5) is 11.4 Å². The van der Waals surface area contributed by atoms with E-state index in [0.717, 1.165) is 22.0 Å². The Bertz CT molecular complexity index is 2500. The molecular formula is C39H24N2OS. The van der Waals surface area contributed by atoms with E-state index in [1.807, 2.05) is 0 Å². The van der Waals surface area contributed by atoms with Crippen LogP contribution >= 0.6 is 11.3 Å². The third kappa shape index (κ3) is 3.21. The van der Waals surface area contributed by atoms with Crippen molar-refractivity contribution in [2.45, 2.75) is 12.0 Å². The summed E-state index contributed by atoms with van der Waals surface area (Å²) in [6.45, 7) is 0. The molecule has 0 saturated heterocycles. The van der Waals surface area contributed by atoms with Gasteiger partial charge in [0.25, 0.3) is 0 Å². The van der Waals surface area contributed by atoms with Crippen LogP contribution < -0.4 is 4.90 Å². The van der Waals surface area contributed by atoms with Gasteiger partial charge in [0.15, 0.2) is 5.58 Å². The van der Waals surface area contributed by atoms with E-state index in [-0.39, 0.29) is 6.04 Å². The third-order valence-corrected chi connectivity index (χ3v) is 10.4. The molecule has 2 unspecified atom stereocenters. The first-order chi connectivity index (χ1) is 21.3. The van der Waals surface area contributed by atoms with Gasteiger partial charge >= 0.3 is 0 Å². The maximum absolute atomic E-state index is 6.50. The summed E-state index contributed by atoms with van der Waals surface area (Å²) in [6, 6.07) is 39.5. The average Bonchev–Trinajstić information content (AvgIpc) is 3.76. The van der Waals surface area contributed by atoms with Gasteiger partial charge in [0, 0.05) is 48.4 Å². The molecule has 2 aromatic heterocycles. The number of allylic oxidation sites excluding steroid dienone is 2. The zero-order chi connectivity index (χ0) is 28.1. The summed E-state index contributed by atoms with van der Waals surface area (Å²) in [5.41, 5.74) is 6.64. The topological polar surface area (TPSA) is 29.3 Å². The van der Waals surface area contributed by atoms with Gasteiger partial charge in [-0.2, -0.15) is 0 Å². The fraction of sp³-hybridized carbons (Fsp3) is 0.0513. The molecule has 202 valence electrons. The van der Waals surface area contributed by atoms with Crippen LogP contribution in [0, 0.1) is 0 Å². The molecule has 1 aliphatic carbocycles. The Morgan fingerprint density at radius 2 is 1.40 bits per heavy atom. The minimum absolute atomic E-state index is 0.213. The second kappa shape index (κ2) is 8.66. The van der Waals surface area contributed by atoms with Crippen LogP contribution in [0.2, 0.25) is 0 Å². The molecule has 2 aliphatic rings. The van der Waals surface area contributed by atoms with E-state index in [9.17, 15) is 0 Å². The Labute approximate surface area is 251 Å². The summed E-state index contributed by atoms with van der Waals surface area (Å²) >= 11 is 1.81. The fourth-order valence-electron chi connectivity index (χ4n) is 7.40. The van der Waals surface area contributed by atoms with Gasteiger partial charge in [-0.15, -0.1) is 11.3 Å². The second-order valence-electron chi connectivity index (χ2n) is 11.5. The molecule has 1 aliphatic heterocycles. The van der Waals surface area contributed by atoms with Crippen molar-refractivity contribution in [2.24, 2.45) is 0 Å². The second-order valence-corrected chi connectivity index (χ2v) is 12.5. The van der Waals surface area contributed by atoms with Crippen molar-refractivity contribution in [1.82, 2.24) is 4.98 Å². The highest BCUT2D eigenvalue weighted by Gasteiger charge is 2.39. The van der Waals surface area contributed by atoms with Crippen LogP contribution in [0.15, 0.2) is 138 Å². The number of thiophene rings is 1. The molecule has 43 heavy (non-hydrogen) atoms. The SMILES string of the molecule is C1=CC2c3c(ccc4ccccc34)N(c3ccc(-c4nc5c(ccc6sc7ccccc7c65)o4)c4ccccc34)C2C=C1. The minimum Gasteiger partial charge on any atom is -0.436 e. The van der Waals surface area contributed by atoms with Gasteiger partial charge in [-0.25, -0.2) is 4.98 Å². The molecule has 6 aromatic carbocycles. The van der Waals surface area contributed by atoms with Crippen molar-refractivity contribution in [1.29, 1.82) is 0 Å². The number of nitrogens with zero attached hydrogens (tertiary/aromatic N) is 2. The van der Waals surface area contributed by atoms with E-state index in [1.54, 1.807) is 11.3 Å². The lowest BCUT2D eigenvalue weighted by molar-refractivity contribution is 0.620. The van der Waals surface area contributed by atoms with Crippen molar-refractivity contribution in [2.75, 3.05) is 4.90 Å². The van der Waals surface area contributed by atoms with E-state index < -0.39 is 0 Å². The van der Waals surface area contributed by atoms with Crippen LogP contribution in [0.1, 0.15) is 11.5 Å². The molecule has 0 amide bonds. The average molecular weight is 569 g/mol. The van der Waals surface area contributed by atoms with Crippen molar-refractivity contribution in [3.8, 4) is 11.5 Å². The molecule has 4 heteroatoms. The molecule has 2 atom stereocenters. The summed E-state index contributed by atoms with van der Waals surface area (Å²) < 4.78 is 9.01. The number of hydrogen-bond donors (Lipinski definition) is 0. The van der Waals surface area contributed by atoms with E-state index in [4.69, 9.17) is 9.40 Å². The van der Waals surface area contributed by atoms with Gasteiger partial charge in [0.1, 0.15) is 5.52 Å². The van der Waals surface area contributed by atoms with E-state index in [2.05, 4.69) is 138 Å². The molecule has 0 spiro atoms. The zero-order valence-electron chi connectivity index (χ0n) is 23.1. The van der Waals surface area contributed by atoms with Crippen LogP contribution in [0.3, 0.4) is 0 Å². The predicted octanol–water partition coefficient (Wildman–Crippen LogP) is 10.9. The van der Waals surface area contributed by atoms with Crippen LogP contribution in [-0.2, 0) is 0 Å². The summed E-state index contributed by atoms with van der Waals surface area (Å²) in [5, 5.41) is 7.36.